The molecule has 3 aromatic carbocycles. The van der Waals surface area contributed by atoms with Gasteiger partial charge in [-0.3, -0.25) is 38.5 Å². The molecular weight excluding hydrogens is 958 g/mol. The molecular formula is C54H59F3N10O7. The van der Waals surface area contributed by atoms with Gasteiger partial charge in [0.25, 0.3) is 5.91 Å². The Morgan fingerprint density at radius 2 is 1.57 bits per heavy atom. The summed E-state index contributed by atoms with van der Waals surface area (Å²) in [5.41, 5.74) is 4.62. The van der Waals surface area contributed by atoms with Crippen LogP contribution in [0.4, 0.5) is 18.9 Å². The van der Waals surface area contributed by atoms with E-state index in [0.29, 0.717) is 82.3 Å². The lowest BCUT2D eigenvalue weighted by Crippen LogP contribution is -2.52. The van der Waals surface area contributed by atoms with E-state index in [4.69, 9.17) is 14.2 Å². The first-order valence-electron chi connectivity index (χ1n) is 25.4. The van der Waals surface area contributed by atoms with Crippen LogP contribution >= 0.6 is 0 Å². The fourth-order valence-electron chi connectivity index (χ4n) is 11.1. The van der Waals surface area contributed by atoms with Crippen LogP contribution < -0.4 is 15.9 Å². The first-order chi connectivity index (χ1) is 35.8. The van der Waals surface area contributed by atoms with E-state index in [1.54, 1.807) is 17.3 Å². The van der Waals surface area contributed by atoms with Gasteiger partial charge in [-0.05, 0) is 83.5 Å². The standard InChI is InChI=1S/C54H59F3N10O7/c1-61-35-58-60-48(61)26-53(33-73-34-53)40-3-2-4-42(25-40)65-31-47-45(54(55,56)57)23-38(29-67(47)52(65)71)28-62-15-13-43(14-16-62)74-22-21-72-32-37-7-5-36(6-8-37)27-63-17-19-64(20-18-63)41-9-10-44-39(24-41)30-66(51(44)70)46-11-12-49(68)59-50(46)69/h2-10,23-25,29,31,35,43,46H,11-22,26-28,30,32-34H2,1H3,(H,59,68,69)/t46-/m1/s1. The Labute approximate surface area is 425 Å². The first kappa shape index (κ1) is 49.5. The molecule has 0 unspecified atom stereocenters. The molecule has 6 aromatic rings. The van der Waals surface area contributed by atoms with Gasteiger partial charge in [-0.15, -0.1) is 10.2 Å². The van der Waals surface area contributed by atoms with Crippen molar-refractivity contribution in [1.29, 1.82) is 0 Å². The molecule has 1 N–H and O–H groups in total. The van der Waals surface area contributed by atoms with E-state index in [1.807, 2.05) is 41.9 Å². The minimum Gasteiger partial charge on any atom is -0.379 e. The van der Waals surface area contributed by atoms with E-state index >= 15 is 0 Å². The van der Waals surface area contributed by atoms with Crippen molar-refractivity contribution >= 4 is 28.9 Å². The molecule has 17 nitrogen and oxygen atoms in total. The number of carbonyl (C=O) groups excluding carboxylic acids is 3. The van der Waals surface area contributed by atoms with Crippen molar-refractivity contribution in [1.82, 2.24) is 43.7 Å². The second-order valence-electron chi connectivity index (χ2n) is 20.4. The molecule has 0 aliphatic carbocycles. The third-order valence-corrected chi connectivity index (χ3v) is 15.4. The Kier molecular flexibility index (Phi) is 13.7. The number of halogens is 3. The van der Waals surface area contributed by atoms with E-state index in [-0.39, 0.29) is 36.4 Å². The van der Waals surface area contributed by atoms with Crippen LogP contribution in [0.15, 0.2) is 96.3 Å². The molecule has 0 radical (unpaired) electrons. The lowest BCUT2D eigenvalue weighted by Gasteiger charge is -2.41. The number of fused-ring (bicyclic) bond motifs is 2. The molecule has 4 saturated heterocycles. The highest BCUT2D eigenvalue weighted by molar-refractivity contribution is 6.05. The Morgan fingerprint density at radius 3 is 2.28 bits per heavy atom. The summed E-state index contributed by atoms with van der Waals surface area (Å²) >= 11 is 0. The highest BCUT2D eigenvalue weighted by atomic mass is 19.4. The molecule has 0 spiro atoms. The zero-order chi connectivity index (χ0) is 51.1. The number of alkyl halides is 3. The van der Waals surface area contributed by atoms with E-state index in [1.165, 1.54) is 28.6 Å². The number of imidazole rings is 1. The quantitative estimate of drug-likeness (QED) is 0.102. The zero-order valence-electron chi connectivity index (χ0n) is 41.3. The molecule has 8 heterocycles. The molecule has 388 valence electrons. The van der Waals surface area contributed by atoms with Crippen molar-refractivity contribution < 1.29 is 41.8 Å². The number of piperidine rings is 2. The molecule has 20 heteroatoms. The number of hydrogen-bond donors (Lipinski definition) is 1. The average molecular weight is 1020 g/mol. The second-order valence-corrected chi connectivity index (χ2v) is 20.4. The molecule has 3 aromatic heterocycles. The number of imide groups is 1. The van der Waals surface area contributed by atoms with Crippen molar-refractivity contribution in [2.75, 3.05) is 70.6 Å². The number of likely N-dealkylation sites (tertiary alicyclic amines) is 1. The monoisotopic (exact) mass is 1020 g/mol. The summed E-state index contributed by atoms with van der Waals surface area (Å²) in [5, 5.41) is 10.6. The minimum absolute atomic E-state index is 0.0135. The minimum atomic E-state index is -4.68. The topological polar surface area (TPSA) is 161 Å². The number of carbonyl (C=O) groups is 3. The number of amides is 3. The second kappa shape index (κ2) is 20.5. The largest absolute Gasteiger partial charge is 0.418 e. The van der Waals surface area contributed by atoms with Crippen molar-refractivity contribution in [3.05, 3.63) is 147 Å². The van der Waals surface area contributed by atoms with Gasteiger partial charge in [-0.1, -0.05) is 36.4 Å². The smallest absolute Gasteiger partial charge is 0.379 e. The Balaban J connectivity index is 0.614. The number of anilines is 1. The van der Waals surface area contributed by atoms with Crippen LogP contribution in [0.5, 0.6) is 0 Å². The molecule has 0 bridgehead atoms. The van der Waals surface area contributed by atoms with Gasteiger partial charge in [-0.2, -0.15) is 13.2 Å². The Morgan fingerprint density at radius 1 is 0.811 bits per heavy atom. The summed E-state index contributed by atoms with van der Waals surface area (Å²) in [7, 11) is 1.87. The van der Waals surface area contributed by atoms with Crippen molar-refractivity contribution in [2.45, 2.75) is 82.1 Å². The fraction of sp³-hybridized carbons (Fsp3) is 0.444. The van der Waals surface area contributed by atoms with Crippen molar-refractivity contribution in [3.8, 4) is 5.69 Å². The van der Waals surface area contributed by atoms with Gasteiger partial charge >= 0.3 is 11.9 Å². The van der Waals surface area contributed by atoms with E-state index in [2.05, 4.69) is 60.5 Å². The SMILES string of the molecule is Cn1cnnc1CC1(c2cccc(-n3cc4c(C(F)(F)F)cc(CN5CCC(OCCOCc6ccc(CN7CCN(c8ccc9c(c8)CN([C@@H]8CCC(=O)NC8=O)C9=O)CC7)cc6)CC5)cn4c3=O)c2)COC1. The number of piperazine rings is 1. The number of pyridine rings is 1. The maximum Gasteiger partial charge on any atom is 0.418 e. The summed E-state index contributed by atoms with van der Waals surface area (Å²) in [6.07, 6.45) is 2.37. The molecule has 5 aliphatic heterocycles. The first-order valence-corrected chi connectivity index (χ1v) is 25.4. The number of aromatic nitrogens is 5. The molecule has 3 amide bonds. The van der Waals surface area contributed by atoms with Gasteiger partial charge in [0.2, 0.25) is 11.8 Å². The third-order valence-electron chi connectivity index (χ3n) is 15.4. The van der Waals surface area contributed by atoms with Crippen molar-refractivity contribution in [2.24, 2.45) is 7.05 Å². The predicted molar refractivity (Wildman–Crippen MR) is 266 cm³/mol. The fourth-order valence-corrected chi connectivity index (χ4v) is 11.1. The van der Waals surface area contributed by atoms with Crippen LogP contribution in [0.2, 0.25) is 0 Å². The van der Waals surface area contributed by atoms with Gasteiger partial charge in [0.05, 0.1) is 55.9 Å². The summed E-state index contributed by atoms with van der Waals surface area (Å²) in [6.45, 7) is 8.44. The normalized spacial score (nSPS) is 19.8. The molecule has 11 rings (SSSR count). The van der Waals surface area contributed by atoms with Crippen LogP contribution in [0.1, 0.15) is 75.2 Å². The van der Waals surface area contributed by atoms with Gasteiger partial charge < -0.3 is 28.6 Å². The highest BCUT2D eigenvalue weighted by Crippen LogP contribution is 2.38. The predicted octanol–water partition coefficient (Wildman–Crippen LogP) is 5.03. The molecule has 1 atom stereocenters. The highest BCUT2D eigenvalue weighted by Gasteiger charge is 2.43. The Hall–Kier alpha value is -6.71. The molecule has 0 saturated carbocycles. The van der Waals surface area contributed by atoms with Crippen molar-refractivity contribution in [3.63, 3.8) is 0 Å². The van der Waals surface area contributed by atoms with Crippen LogP contribution in [-0.2, 0) is 75.1 Å². The summed E-state index contributed by atoms with van der Waals surface area (Å²) < 4.78 is 65.9. The number of benzene rings is 3. The number of ether oxygens (including phenoxy) is 3. The van der Waals surface area contributed by atoms with Crippen LogP contribution in [0.25, 0.3) is 11.2 Å². The zero-order valence-corrected chi connectivity index (χ0v) is 41.3. The number of aryl methyl sites for hydroxylation is 1. The maximum atomic E-state index is 14.6. The number of rotatable bonds is 16. The lowest BCUT2D eigenvalue weighted by atomic mass is 9.75. The van der Waals surface area contributed by atoms with Crippen LogP contribution in [0, 0.1) is 0 Å². The summed E-state index contributed by atoms with van der Waals surface area (Å²) in [6, 6.07) is 22.3. The van der Waals surface area contributed by atoms with Gasteiger partial charge in [0, 0.05) is 108 Å². The molecule has 4 fully saturated rings. The maximum absolute atomic E-state index is 14.6. The van der Waals surface area contributed by atoms with Gasteiger partial charge in [0.15, 0.2) is 0 Å². The van der Waals surface area contributed by atoms with E-state index in [0.717, 1.165) is 78.2 Å². The Bertz CT molecular complexity index is 3110. The summed E-state index contributed by atoms with van der Waals surface area (Å²) in [5.74, 6) is -0.0817. The average Bonchev–Trinajstić information content (AvgIpc) is 4.06. The molecule has 74 heavy (non-hydrogen) atoms. The molecule has 5 aliphatic rings. The van der Waals surface area contributed by atoms with Crippen LogP contribution in [-0.4, -0.2) is 134 Å². The van der Waals surface area contributed by atoms with E-state index in [9.17, 15) is 32.3 Å². The van der Waals surface area contributed by atoms with E-state index < -0.39 is 34.8 Å². The van der Waals surface area contributed by atoms with Gasteiger partial charge in [-0.25, -0.2) is 4.79 Å². The third kappa shape index (κ3) is 10.2. The van der Waals surface area contributed by atoms with Gasteiger partial charge in [0.1, 0.15) is 18.2 Å². The number of hydrogen-bond acceptors (Lipinski definition) is 12. The number of nitrogens with zero attached hydrogens (tertiary/aromatic N) is 9. The summed E-state index contributed by atoms with van der Waals surface area (Å²) in [4.78, 5) is 59.6. The number of nitrogens with one attached hydrogen (secondary N) is 1. The van der Waals surface area contributed by atoms with Crippen LogP contribution in [0.3, 0.4) is 0 Å². The lowest BCUT2D eigenvalue weighted by molar-refractivity contribution is -0.137.